The predicted octanol–water partition coefficient (Wildman–Crippen LogP) is 6.29. The largest absolute Gasteiger partial charge is 0.419 e. The molecule has 0 aliphatic rings. The van der Waals surface area contributed by atoms with Gasteiger partial charge in [0.2, 0.25) is 0 Å². The van der Waals surface area contributed by atoms with Crippen LogP contribution in [0, 0.1) is 24.1 Å². The predicted molar refractivity (Wildman–Crippen MR) is 128 cm³/mol. The molecule has 0 unspecified atom stereocenters. The molecule has 0 radical (unpaired) electrons. The van der Waals surface area contributed by atoms with Crippen molar-refractivity contribution in [2.24, 2.45) is 0 Å². The number of nitriles is 1. The zero-order valence-electron chi connectivity index (χ0n) is 19.4. The topological polar surface area (TPSA) is 59.4 Å². The van der Waals surface area contributed by atoms with E-state index in [9.17, 15) is 22.4 Å². The number of urea groups is 1. The van der Waals surface area contributed by atoms with Gasteiger partial charge in [-0.3, -0.25) is 4.90 Å². The van der Waals surface area contributed by atoms with Crippen molar-refractivity contribution in [2.45, 2.75) is 13.1 Å². The molecule has 0 saturated heterocycles. The first kappa shape index (κ1) is 25.7. The maximum Gasteiger partial charge on any atom is 0.419 e. The normalized spacial score (nSPS) is 11.3. The minimum atomic E-state index is -4.82. The highest BCUT2D eigenvalue weighted by atomic mass is 19.4. The maximum atomic E-state index is 14.0. The van der Waals surface area contributed by atoms with Gasteiger partial charge in [-0.1, -0.05) is 18.2 Å². The van der Waals surface area contributed by atoms with Gasteiger partial charge in [0.15, 0.2) is 0 Å². The van der Waals surface area contributed by atoms with Crippen molar-refractivity contribution >= 4 is 17.4 Å². The van der Waals surface area contributed by atoms with E-state index >= 15 is 0 Å². The molecule has 0 aliphatic carbocycles. The van der Waals surface area contributed by atoms with E-state index < -0.39 is 23.6 Å². The van der Waals surface area contributed by atoms with Crippen molar-refractivity contribution in [1.29, 1.82) is 5.26 Å². The summed E-state index contributed by atoms with van der Waals surface area (Å²) in [5.41, 5.74) is 2.22. The summed E-state index contributed by atoms with van der Waals surface area (Å²) in [6, 6.07) is 16.4. The average molecular weight is 484 g/mol. The van der Waals surface area contributed by atoms with Crippen molar-refractivity contribution in [2.75, 3.05) is 37.4 Å². The molecule has 35 heavy (non-hydrogen) atoms. The summed E-state index contributed by atoms with van der Waals surface area (Å²) in [5.74, 6) is -1.46. The second-order valence-electron chi connectivity index (χ2n) is 8.27. The van der Waals surface area contributed by atoms with Crippen LogP contribution in [0.25, 0.3) is 11.1 Å². The van der Waals surface area contributed by atoms with Gasteiger partial charge in [0.1, 0.15) is 5.82 Å². The van der Waals surface area contributed by atoms with Crippen LogP contribution >= 0.6 is 0 Å². The van der Waals surface area contributed by atoms with Crippen LogP contribution in [0.2, 0.25) is 0 Å². The van der Waals surface area contributed by atoms with Crippen molar-refractivity contribution in [3.8, 4) is 17.2 Å². The van der Waals surface area contributed by atoms with Crippen LogP contribution in [-0.2, 0) is 6.18 Å². The second-order valence-corrected chi connectivity index (χ2v) is 8.27. The number of amides is 2. The number of likely N-dealkylation sites (N-methyl/N-ethyl adjacent to an activating group) is 1. The summed E-state index contributed by atoms with van der Waals surface area (Å²) in [4.78, 5) is 16.4. The third-order valence-electron chi connectivity index (χ3n) is 5.37. The number of hydrogen-bond acceptors (Lipinski definition) is 3. The fourth-order valence-electron chi connectivity index (χ4n) is 3.56. The summed E-state index contributed by atoms with van der Waals surface area (Å²) in [5, 5.41) is 11.7. The molecular weight excluding hydrogens is 460 g/mol. The molecule has 5 nitrogen and oxygen atoms in total. The highest BCUT2D eigenvalue weighted by Gasteiger charge is 2.34. The number of benzene rings is 3. The summed E-state index contributed by atoms with van der Waals surface area (Å²) >= 11 is 0. The minimum absolute atomic E-state index is 0.0861. The van der Waals surface area contributed by atoms with E-state index in [1.54, 1.807) is 24.3 Å². The first-order valence-electron chi connectivity index (χ1n) is 10.7. The lowest BCUT2D eigenvalue weighted by Gasteiger charge is -2.26. The van der Waals surface area contributed by atoms with Crippen molar-refractivity contribution in [3.05, 3.63) is 83.2 Å². The fourth-order valence-corrected chi connectivity index (χ4v) is 3.56. The monoisotopic (exact) mass is 484 g/mol. The van der Waals surface area contributed by atoms with E-state index in [1.165, 1.54) is 4.90 Å². The van der Waals surface area contributed by atoms with Crippen LogP contribution in [0.1, 0.15) is 16.7 Å². The molecule has 3 aromatic carbocycles. The number of hydrogen-bond donors (Lipinski definition) is 1. The molecule has 182 valence electrons. The standard InChI is InChI=1S/C26H24F4N4O/c1-17-13-21(8-9-22(17)19-6-4-5-18(14-19)16-31)34(12-11-33(2)3)25(35)32-20-7-10-23(24(27)15-20)26(28,29)30/h4-10,13-15H,11-12H2,1-3H3,(H,32,35). The van der Waals surface area contributed by atoms with Gasteiger partial charge in [0.25, 0.3) is 0 Å². The van der Waals surface area contributed by atoms with Crippen LogP contribution in [-0.4, -0.2) is 38.1 Å². The smallest absolute Gasteiger partial charge is 0.308 e. The Morgan fingerprint density at radius 1 is 1.03 bits per heavy atom. The first-order chi connectivity index (χ1) is 16.5. The molecule has 0 heterocycles. The molecule has 1 N–H and O–H groups in total. The number of halogens is 4. The van der Waals surface area contributed by atoms with E-state index in [4.69, 9.17) is 5.26 Å². The van der Waals surface area contributed by atoms with Crippen LogP contribution < -0.4 is 10.2 Å². The number of rotatable bonds is 6. The molecule has 9 heteroatoms. The van der Waals surface area contributed by atoms with E-state index in [0.29, 0.717) is 29.9 Å². The fraction of sp³-hybridized carbons (Fsp3) is 0.231. The molecule has 3 rings (SSSR count). The van der Waals surface area contributed by atoms with Gasteiger partial charge < -0.3 is 10.2 Å². The van der Waals surface area contributed by atoms with Crippen LogP contribution in [0.3, 0.4) is 0 Å². The molecule has 0 atom stereocenters. The lowest BCUT2D eigenvalue weighted by Crippen LogP contribution is -2.39. The molecule has 0 saturated carbocycles. The molecule has 0 fully saturated rings. The van der Waals surface area contributed by atoms with Crippen molar-refractivity contribution in [1.82, 2.24) is 4.90 Å². The number of carbonyl (C=O) groups is 1. The minimum Gasteiger partial charge on any atom is -0.308 e. The lowest BCUT2D eigenvalue weighted by molar-refractivity contribution is -0.139. The first-order valence-corrected chi connectivity index (χ1v) is 10.7. The molecule has 0 aliphatic heterocycles. The quantitative estimate of drug-likeness (QED) is 0.418. The van der Waals surface area contributed by atoms with Gasteiger partial charge in [-0.25, -0.2) is 9.18 Å². The number of nitrogens with zero attached hydrogens (tertiary/aromatic N) is 3. The Balaban J connectivity index is 1.90. The zero-order chi connectivity index (χ0) is 25.8. The molecule has 0 aromatic heterocycles. The molecule has 2 amide bonds. The highest BCUT2D eigenvalue weighted by Crippen LogP contribution is 2.33. The summed E-state index contributed by atoms with van der Waals surface area (Å²) in [6.07, 6.45) is -4.82. The SMILES string of the molecule is Cc1cc(N(CCN(C)C)C(=O)Nc2ccc(C(F)(F)F)c(F)c2)ccc1-c1cccc(C#N)c1. The number of carbonyl (C=O) groups excluding carboxylic acids is 1. The Kier molecular flexibility index (Phi) is 7.77. The summed E-state index contributed by atoms with van der Waals surface area (Å²) in [7, 11) is 3.69. The van der Waals surface area contributed by atoms with Gasteiger partial charge in [0, 0.05) is 24.5 Å². The Morgan fingerprint density at radius 3 is 2.37 bits per heavy atom. The average Bonchev–Trinajstić information content (AvgIpc) is 2.78. The second kappa shape index (κ2) is 10.6. The maximum absolute atomic E-state index is 14.0. The molecule has 0 bridgehead atoms. The van der Waals surface area contributed by atoms with E-state index in [0.717, 1.165) is 22.8 Å². The van der Waals surface area contributed by atoms with Gasteiger partial charge >= 0.3 is 12.2 Å². The molecular formula is C26H24F4N4O. The van der Waals surface area contributed by atoms with E-state index in [-0.39, 0.29) is 12.2 Å². The Bertz CT molecular complexity index is 1260. The lowest BCUT2D eigenvalue weighted by atomic mass is 9.98. The Morgan fingerprint density at radius 2 is 1.77 bits per heavy atom. The summed E-state index contributed by atoms with van der Waals surface area (Å²) < 4.78 is 52.5. The van der Waals surface area contributed by atoms with Crippen molar-refractivity contribution in [3.63, 3.8) is 0 Å². The number of nitrogens with one attached hydrogen (secondary N) is 1. The van der Waals surface area contributed by atoms with Crippen molar-refractivity contribution < 1.29 is 22.4 Å². The van der Waals surface area contributed by atoms with Crippen LogP contribution in [0.5, 0.6) is 0 Å². The Hall–Kier alpha value is -3.90. The molecule has 3 aromatic rings. The number of anilines is 2. The molecule has 0 spiro atoms. The van der Waals surface area contributed by atoms with Gasteiger partial charge in [-0.05, 0) is 80.2 Å². The highest BCUT2D eigenvalue weighted by molar-refractivity contribution is 6.02. The zero-order valence-corrected chi connectivity index (χ0v) is 19.4. The van der Waals surface area contributed by atoms with Crippen LogP contribution in [0.4, 0.5) is 33.7 Å². The third kappa shape index (κ3) is 6.37. The van der Waals surface area contributed by atoms with Crippen LogP contribution in [0.15, 0.2) is 60.7 Å². The van der Waals surface area contributed by atoms with E-state index in [1.807, 2.05) is 44.1 Å². The number of aryl methyl sites for hydroxylation is 1. The van der Waals surface area contributed by atoms with Gasteiger partial charge in [-0.2, -0.15) is 18.4 Å². The van der Waals surface area contributed by atoms with E-state index in [2.05, 4.69) is 11.4 Å². The third-order valence-corrected chi connectivity index (χ3v) is 5.37. The Labute approximate surface area is 201 Å². The van der Waals surface area contributed by atoms with Gasteiger partial charge in [-0.15, -0.1) is 0 Å². The summed E-state index contributed by atoms with van der Waals surface area (Å²) in [6.45, 7) is 2.68. The number of alkyl halides is 3. The van der Waals surface area contributed by atoms with Gasteiger partial charge in [0.05, 0.1) is 17.2 Å².